The molecule has 1 fully saturated rings. The fourth-order valence-electron chi connectivity index (χ4n) is 3.27. The number of likely N-dealkylation sites (N-methyl/N-ethyl adjacent to an activating group) is 1. The molecule has 1 aliphatic heterocycles. The summed E-state index contributed by atoms with van der Waals surface area (Å²) >= 11 is 11.5. The molecule has 0 bridgehead atoms. The number of nitrogens with one attached hydrogen (secondary N) is 1. The summed E-state index contributed by atoms with van der Waals surface area (Å²) in [6, 6.07) is 4.69. The number of nitrogens with zero attached hydrogens (tertiary/aromatic N) is 4. The van der Waals surface area contributed by atoms with Crippen LogP contribution in [0.15, 0.2) is 34.2 Å². The zero-order chi connectivity index (χ0) is 22.8. The highest BCUT2D eigenvalue weighted by Gasteiger charge is 2.28. The molecule has 1 aromatic carbocycles. The van der Waals surface area contributed by atoms with E-state index >= 15 is 0 Å². The molecule has 0 saturated carbocycles. The minimum atomic E-state index is -3.72. The summed E-state index contributed by atoms with van der Waals surface area (Å²) in [5.74, 6) is -0.536. The molecule has 2 aromatic rings. The van der Waals surface area contributed by atoms with Crippen molar-refractivity contribution >= 4 is 44.8 Å². The molecule has 9 nitrogen and oxygen atoms in total. The van der Waals surface area contributed by atoms with Crippen molar-refractivity contribution in [2.24, 2.45) is 0 Å². The fourth-order valence-corrected chi connectivity index (χ4v) is 5.27. The minimum Gasteiger partial charge on any atom is -0.324 e. The second kappa shape index (κ2) is 9.66. The Morgan fingerprint density at radius 3 is 2.68 bits per heavy atom. The Morgan fingerprint density at radius 1 is 1.19 bits per heavy atom. The monoisotopic (exact) mass is 487 g/mol. The van der Waals surface area contributed by atoms with Crippen LogP contribution in [0.3, 0.4) is 0 Å². The number of halogens is 2. The SMILES string of the molecule is Cc1ccc(NC(=O)Cn2cnc(Cl)c(Cl)c2=O)cc1S(=O)(=O)N1CCCN(C)CC1. The van der Waals surface area contributed by atoms with E-state index in [1.165, 1.54) is 10.4 Å². The second-order valence-electron chi connectivity index (χ2n) is 7.37. The van der Waals surface area contributed by atoms with E-state index in [-0.39, 0.29) is 21.6 Å². The highest BCUT2D eigenvalue weighted by Crippen LogP contribution is 2.24. The number of hydrogen-bond donors (Lipinski definition) is 1. The fraction of sp³-hybridized carbons (Fsp3) is 0.421. The Hall–Kier alpha value is -1.98. The van der Waals surface area contributed by atoms with Gasteiger partial charge in [-0.25, -0.2) is 13.4 Å². The predicted molar refractivity (Wildman–Crippen MR) is 119 cm³/mol. The number of amides is 1. The molecule has 0 spiro atoms. The average Bonchev–Trinajstić information content (AvgIpc) is 2.95. The Bertz CT molecular complexity index is 1150. The Morgan fingerprint density at radius 2 is 1.94 bits per heavy atom. The van der Waals surface area contributed by atoms with Crippen LogP contribution in [0.1, 0.15) is 12.0 Å². The Kier molecular flexibility index (Phi) is 7.38. The van der Waals surface area contributed by atoms with Crippen molar-refractivity contribution in [3.05, 3.63) is 50.6 Å². The summed E-state index contributed by atoms with van der Waals surface area (Å²) in [6.45, 7) is 3.70. The van der Waals surface area contributed by atoms with Crippen LogP contribution in [0.4, 0.5) is 5.69 Å². The summed E-state index contributed by atoms with van der Waals surface area (Å²) in [7, 11) is -1.75. The van der Waals surface area contributed by atoms with E-state index < -0.39 is 21.5 Å². The van der Waals surface area contributed by atoms with Gasteiger partial charge >= 0.3 is 0 Å². The highest BCUT2D eigenvalue weighted by molar-refractivity contribution is 7.89. The molecule has 0 aliphatic carbocycles. The van der Waals surface area contributed by atoms with Crippen molar-refractivity contribution in [1.82, 2.24) is 18.8 Å². The maximum atomic E-state index is 13.2. The van der Waals surface area contributed by atoms with Gasteiger partial charge in [0.1, 0.15) is 11.6 Å². The number of carbonyl (C=O) groups excluding carboxylic acids is 1. The van der Waals surface area contributed by atoms with Gasteiger partial charge in [-0.3, -0.25) is 14.2 Å². The van der Waals surface area contributed by atoms with Gasteiger partial charge in [0.2, 0.25) is 15.9 Å². The molecule has 12 heteroatoms. The maximum Gasteiger partial charge on any atom is 0.274 e. The predicted octanol–water partition coefficient (Wildman–Crippen LogP) is 1.82. The quantitative estimate of drug-likeness (QED) is 0.644. The first-order chi connectivity index (χ1) is 14.6. The van der Waals surface area contributed by atoms with Crippen molar-refractivity contribution in [3.63, 3.8) is 0 Å². The Balaban J connectivity index is 1.80. The van der Waals surface area contributed by atoms with Crippen LogP contribution in [0.25, 0.3) is 0 Å². The maximum absolute atomic E-state index is 13.2. The molecule has 1 aromatic heterocycles. The summed E-state index contributed by atoms with van der Waals surface area (Å²) in [5, 5.41) is 2.20. The van der Waals surface area contributed by atoms with Crippen LogP contribution >= 0.6 is 23.2 Å². The van der Waals surface area contributed by atoms with Crippen LogP contribution in [-0.4, -0.2) is 66.3 Å². The van der Waals surface area contributed by atoms with Crippen LogP contribution < -0.4 is 10.9 Å². The van der Waals surface area contributed by atoms with Gasteiger partial charge in [-0.05, 0) is 44.6 Å². The van der Waals surface area contributed by atoms with Crippen molar-refractivity contribution in [2.75, 3.05) is 38.5 Å². The zero-order valence-electron chi connectivity index (χ0n) is 17.1. The lowest BCUT2D eigenvalue weighted by Gasteiger charge is -2.22. The van der Waals surface area contributed by atoms with E-state index in [9.17, 15) is 18.0 Å². The van der Waals surface area contributed by atoms with Gasteiger partial charge < -0.3 is 10.2 Å². The van der Waals surface area contributed by atoms with Crippen molar-refractivity contribution in [1.29, 1.82) is 0 Å². The third-order valence-corrected chi connectivity index (χ3v) is 7.79. The number of aryl methyl sites for hydroxylation is 1. The number of sulfonamides is 1. The summed E-state index contributed by atoms with van der Waals surface area (Å²) in [6.07, 6.45) is 1.87. The lowest BCUT2D eigenvalue weighted by molar-refractivity contribution is -0.116. The number of benzene rings is 1. The number of rotatable bonds is 5. The number of anilines is 1. The van der Waals surface area contributed by atoms with Gasteiger partial charge in [0, 0.05) is 25.3 Å². The number of hydrogen-bond acceptors (Lipinski definition) is 6. The third kappa shape index (κ3) is 5.45. The largest absolute Gasteiger partial charge is 0.324 e. The first-order valence-corrected chi connectivity index (χ1v) is 11.8. The summed E-state index contributed by atoms with van der Waals surface area (Å²) < 4.78 is 28.9. The summed E-state index contributed by atoms with van der Waals surface area (Å²) in [4.78, 5) is 30.5. The molecule has 0 atom stereocenters. The number of aromatic nitrogens is 2. The van der Waals surface area contributed by atoms with Crippen molar-refractivity contribution in [3.8, 4) is 0 Å². The van der Waals surface area contributed by atoms with E-state index in [1.54, 1.807) is 19.1 Å². The lowest BCUT2D eigenvalue weighted by atomic mass is 10.2. The second-order valence-corrected chi connectivity index (χ2v) is 10.0. The van der Waals surface area contributed by atoms with Crippen LogP contribution in [0.5, 0.6) is 0 Å². The van der Waals surface area contributed by atoms with Gasteiger partial charge in [0.25, 0.3) is 5.56 Å². The smallest absolute Gasteiger partial charge is 0.274 e. The van der Waals surface area contributed by atoms with Gasteiger partial charge in [0.05, 0.1) is 11.2 Å². The van der Waals surface area contributed by atoms with Gasteiger partial charge in [0.15, 0.2) is 5.15 Å². The lowest BCUT2D eigenvalue weighted by Crippen LogP contribution is -2.35. The summed E-state index contributed by atoms with van der Waals surface area (Å²) in [5.41, 5.74) is 0.248. The topological polar surface area (TPSA) is 105 Å². The molecule has 1 N–H and O–H groups in total. The minimum absolute atomic E-state index is 0.142. The Labute approximate surface area is 190 Å². The molecular weight excluding hydrogens is 465 g/mol. The molecule has 31 heavy (non-hydrogen) atoms. The molecule has 1 amide bonds. The first-order valence-electron chi connectivity index (χ1n) is 9.59. The van der Waals surface area contributed by atoms with E-state index in [1.807, 2.05) is 7.05 Å². The van der Waals surface area contributed by atoms with Gasteiger partial charge in [-0.15, -0.1) is 0 Å². The van der Waals surface area contributed by atoms with E-state index in [2.05, 4.69) is 15.2 Å². The van der Waals surface area contributed by atoms with E-state index in [0.717, 1.165) is 23.9 Å². The molecule has 168 valence electrons. The van der Waals surface area contributed by atoms with Crippen molar-refractivity contribution in [2.45, 2.75) is 24.8 Å². The van der Waals surface area contributed by atoms with E-state index in [0.29, 0.717) is 30.9 Å². The third-order valence-electron chi connectivity index (χ3n) is 5.02. The molecule has 2 heterocycles. The van der Waals surface area contributed by atoms with E-state index in [4.69, 9.17) is 23.2 Å². The molecule has 0 radical (unpaired) electrons. The first kappa shape index (κ1) is 23.7. The molecule has 0 unspecified atom stereocenters. The number of carbonyl (C=O) groups is 1. The van der Waals surface area contributed by atoms with Gasteiger partial charge in [-0.1, -0.05) is 29.3 Å². The average molecular weight is 488 g/mol. The molecule has 3 rings (SSSR count). The molecular formula is C19H23Cl2N5O4S. The van der Waals surface area contributed by atoms with Crippen molar-refractivity contribution < 1.29 is 13.2 Å². The zero-order valence-corrected chi connectivity index (χ0v) is 19.5. The molecule has 1 aliphatic rings. The normalized spacial score (nSPS) is 16.1. The molecule has 1 saturated heterocycles. The highest BCUT2D eigenvalue weighted by atomic mass is 35.5. The standard InChI is InChI=1S/C19H23Cl2N5O4S/c1-13-4-5-14(23-16(27)11-25-12-22-18(21)17(20)19(25)28)10-15(13)31(29,30)26-7-3-6-24(2)8-9-26/h4-5,10,12H,3,6-9,11H2,1-2H3,(H,23,27). The van der Waals surface area contributed by atoms with Gasteiger partial charge in [-0.2, -0.15) is 4.31 Å². The van der Waals surface area contributed by atoms with Crippen LogP contribution in [0.2, 0.25) is 10.2 Å². The van der Waals surface area contributed by atoms with Crippen LogP contribution in [-0.2, 0) is 21.4 Å². The van der Waals surface area contributed by atoms with Crippen LogP contribution in [0, 0.1) is 6.92 Å².